The summed E-state index contributed by atoms with van der Waals surface area (Å²) >= 11 is 0. The van der Waals surface area contributed by atoms with Crippen molar-refractivity contribution in [2.75, 3.05) is 26.8 Å². The Bertz CT molecular complexity index is 801. The van der Waals surface area contributed by atoms with Crippen molar-refractivity contribution in [2.45, 2.75) is 38.8 Å². The van der Waals surface area contributed by atoms with Gasteiger partial charge in [-0.25, -0.2) is 4.39 Å². The van der Waals surface area contributed by atoms with Crippen LogP contribution in [0.2, 0.25) is 0 Å². The smallest absolute Gasteiger partial charge is 0.242 e. The maximum absolute atomic E-state index is 13.3. The zero-order chi connectivity index (χ0) is 21.3. The number of carbonyl (C=O) groups excluding carboxylic acids is 2. The summed E-state index contributed by atoms with van der Waals surface area (Å²) in [6.45, 7) is 1.32. The molecule has 1 aromatic carbocycles. The molecule has 0 atom stereocenters. The van der Waals surface area contributed by atoms with Gasteiger partial charge in [-0.15, -0.1) is 0 Å². The van der Waals surface area contributed by atoms with E-state index in [0.29, 0.717) is 25.5 Å². The Hall–Kier alpha value is -2.67. The van der Waals surface area contributed by atoms with Crippen LogP contribution in [0.15, 0.2) is 47.1 Å². The molecule has 0 N–H and O–H groups in total. The van der Waals surface area contributed by atoms with Gasteiger partial charge in [-0.1, -0.05) is 25.0 Å². The average molecular weight is 416 g/mol. The van der Waals surface area contributed by atoms with Gasteiger partial charge in [0.05, 0.1) is 26.0 Å². The van der Waals surface area contributed by atoms with Gasteiger partial charge in [0, 0.05) is 26.1 Å². The van der Waals surface area contributed by atoms with Gasteiger partial charge in [-0.3, -0.25) is 9.59 Å². The first-order chi connectivity index (χ1) is 14.6. The number of halogens is 1. The molecular formula is C23H29FN2O4. The standard InChI is InChI=1S/C23H29FN2O4/c1-29-14-12-25(23(28)19-5-2-3-6-19)17-22(27)26(16-21-7-4-13-30-21)15-18-8-10-20(24)11-9-18/h4,7-11,13,19H,2-3,5-6,12,14-17H2,1H3. The number of ether oxygens (including phenoxy) is 1. The molecule has 1 aromatic heterocycles. The fraction of sp³-hybridized carbons (Fsp3) is 0.478. The first-order valence-electron chi connectivity index (χ1n) is 10.4. The van der Waals surface area contributed by atoms with Crippen LogP contribution in [-0.2, 0) is 27.4 Å². The summed E-state index contributed by atoms with van der Waals surface area (Å²) in [5, 5.41) is 0. The number of furan rings is 1. The quantitative estimate of drug-likeness (QED) is 0.594. The summed E-state index contributed by atoms with van der Waals surface area (Å²) in [7, 11) is 1.58. The van der Waals surface area contributed by atoms with Crippen LogP contribution >= 0.6 is 0 Å². The summed E-state index contributed by atoms with van der Waals surface area (Å²) in [5.74, 6) is 0.160. The Morgan fingerprint density at radius 3 is 2.47 bits per heavy atom. The third-order valence-corrected chi connectivity index (χ3v) is 5.47. The van der Waals surface area contributed by atoms with Gasteiger partial charge in [0.15, 0.2) is 0 Å². The Morgan fingerprint density at radius 2 is 1.83 bits per heavy atom. The lowest BCUT2D eigenvalue weighted by atomic mass is 10.1. The summed E-state index contributed by atoms with van der Waals surface area (Å²) in [6, 6.07) is 9.63. The SMILES string of the molecule is COCCN(CC(=O)N(Cc1ccc(F)cc1)Cc1ccco1)C(=O)C1CCCC1. The highest BCUT2D eigenvalue weighted by Crippen LogP contribution is 2.26. The molecule has 0 spiro atoms. The van der Waals surface area contributed by atoms with E-state index in [1.54, 1.807) is 47.4 Å². The van der Waals surface area contributed by atoms with Crippen molar-refractivity contribution in [1.29, 1.82) is 0 Å². The van der Waals surface area contributed by atoms with Crippen LogP contribution in [0, 0.1) is 11.7 Å². The minimum Gasteiger partial charge on any atom is -0.467 e. The van der Waals surface area contributed by atoms with Crippen LogP contribution in [0.1, 0.15) is 37.0 Å². The number of hydrogen-bond acceptors (Lipinski definition) is 4. The molecule has 0 unspecified atom stereocenters. The van der Waals surface area contributed by atoms with E-state index in [1.807, 2.05) is 0 Å². The number of rotatable bonds is 10. The van der Waals surface area contributed by atoms with Crippen molar-refractivity contribution in [3.8, 4) is 0 Å². The zero-order valence-corrected chi connectivity index (χ0v) is 17.4. The molecule has 1 saturated carbocycles. The topological polar surface area (TPSA) is 63.0 Å². The average Bonchev–Trinajstić information content (AvgIpc) is 3.46. The zero-order valence-electron chi connectivity index (χ0n) is 17.4. The molecule has 1 heterocycles. The number of nitrogens with zero attached hydrogens (tertiary/aromatic N) is 2. The van der Waals surface area contributed by atoms with Gasteiger partial charge >= 0.3 is 0 Å². The predicted molar refractivity (Wildman–Crippen MR) is 110 cm³/mol. The summed E-state index contributed by atoms with van der Waals surface area (Å²) in [6.07, 6.45) is 5.42. The van der Waals surface area contributed by atoms with Gasteiger partial charge < -0.3 is 19.0 Å². The van der Waals surface area contributed by atoms with E-state index >= 15 is 0 Å². The van der Waals surface area contributed by atoms with Gasteiger partial charge in [-0.05, 0) is 42.7 Å². The van der Waals surface area contributed by atoms with E-state index in [0.717, 1.165) is 31.2 Å². The van der Waals surface area contributed by atoms with Crippen LogP contribution in [0.4, 0.5) is 4.39 Å². The number of carbonyl (C=O) groups is 2. The third kappa shape index (κ3) is 6.16. The van der Waals surface area contributed by atoms with Gasteiger partial charge in [0.1, 0.15) is 11.6 Å². The van der Waals surface area contributed by atoms with Crippen molar-refractivity contribution in [2.24, 2.45) is 5.92 Å². The van der Waals surface area contributed by atoms with Crippen molar-refractivity contribution in [3.63, 3.8) is 0 Å². The minimum absolute atomic E-state index is 0.00900. The Balaban J connectivity index is 1.73. The number of amides is 2. The van der Waals surface area contributed by atoms with Crippen LogP contribution in [0.5, 0.6) is 0 Å². The van der Waals surface area contributed by atoms with Gasteiger partial charge in [0.25, 0.3) is 0 Å². The lowest BCUT2D eigenvalue weighted by Crippen LogP contribution is -2.45. The molecule has 2 amide bonds. The van der Waals surface area contributed by atoms with Crippen LogP contribution in [0.25, 0.3) is 0 Å². The van der Waals surface area contributed by atoms with Crippen molar-refractivity contribution in [1.82, 2.24) is 9.80 Å². The van der Waals surface area contributed by atoms with E-state index in [-0.39, 0.29) is 36.6 Å². The molecule has 1 aliphatic carbocycles. The number of benzene rings is 1. The monoisotopic (exact) mass is 416 g/mol. The first-order valence-corrected chi connectivity index (χ1v) is 10.4. The van der Waals surface area contributed by atoms with E-state index < -0.39 is 0 Å². The molecule has 162 valence electrons. The molecule has 0 saturated heterocycles. The summed E-state index contributed by atoms with van der Waals surface area (Å²) in [5.41, 5.74) is 0.807. The molecule has 30 heavy (non-hydrogen) atoms. The Labute approximate surface area is 176 Å². The summed E-state index contributed by atoms with van der Waals surface area (Å²) < 4.78 is 23.8. The van der Waals surface area contributed by atoms with E-state index in [9.17, 15) is 14.0 Å². The molecule has 0 aliphatic heterocycles. The van der Waals surface area contributed by atoms with Crippen molar-refractivity contribution < 1.29 is 23.1 Å². The lowest BCUT2D eigenvalue weighted by molar-refractivity contribution is -0.144. The normalized spacial score (nSPS) is 14.1. The second-order valence-corrected chi connectivity index (χ2v) is 7.69. The number of methoxy groups -OCH3 is 1. The molecular weight excluding hydrogens is 387 g/mol. The van der Waals surface area contributed by atoms with E-state index in [4.69, 9.17) is 9.15 Å². The molecule has 2 aromatic rings. The highest BCUT2D eigenvalue weighted by molar-refractivity contribution is 5.86. The largest absolute Gasteiger partial charge is 0.467 e. The van der Waals surface area contributed by atoms with Crippen LogP contribution in [0.3, 0.4) is 0 Å². The Kier molecular flexibility index (Phi) is 8.02. The van der Waals surface area contributed by atoms with E-state index in [1.165, 1.54) is 12.1 Å². The predicted octanol–water partition coefficient (Wildman–Crippen LogP) is 3.61. The molecule has 0 bridgehead atoms. The fourth-order valence-corrected chi connectivity index (χ4v) is 3.80. The maximum Gasteiger partial charge on any atom is 0.242 e. The molecule has 0 radical (unpaired) electrons. The van der Waals surface area contributed by atoms with Crippen LogP contribution in [-0.4, -0.2) is 48.4 Å². The van der Waals surface area contributed by atoms with Crippen LogP contribution < -0.4 is 0 Å². The minimum atomic E-state index is -0.324. The van der Waals surface area contributed by atoms with Crippen molar-refractivity contribution in [3.05, 3.63) is 59.8 Å². The molecule has 7 heteroatoms. The maximum atomic E-state index is 13.3. The van der Waals surface area contributed by atoms with E-state index in [2.05, 4.69) is 0 Å². The van der Waals surface area contributed by atoms with Gasteiger partial charge in [-0.2, -0.15) is 0 Å². The molecule has 1 fully saturated rings. The fourth-order valence-electron chi connectivity index (χ4n) is 3.80. The second-order valence-electron chi connectivity index (χ2n) is 7.69. The van der Waals surface area contributed by atoms with Gasteiger partial charge in [0.2, 0.25) is 11.8 Å². The molecule has 1 aliphatic rings. The second kappa shape index (κ2) is 10.9. The Morgan fingerprint density at radius 1 is 1.10 bits per heavy atom. The summed E-state index contributed by atoms with van der Waals surface area (Å²) in [4.78, 5) is 29.4. The highest BCUT2D eigenvalue weighted by atomic mass is 19.1. The van der Waals surface area contributed by atoms with Crippen molar-refractivity contribution >= 4 is 11.8 Å². The highest BCUT2D eigenvalue weighted by Gasteiger charge is 2.29. The molecule has 3 rings (SSSR count). The molecule has 6 nitrogen and oxygen atoms in total. The third-order valence-electron chi connectivity index (χ3n) is 5.47. The number of hydrogen-bond donors (Lipinski definition) is 0. The lowest BCUT2D eigenvalue weighted by Gasteiger charge is -2.29. The first kappa shape index (κ1) is 22.0.